The van der Waals surface area contributed by atoms with E-state index in [-0.39, 0.29) is 0 Å². The average Bonchev–Trinajstić information content (AvgIpc) is 2.29. The van der Waals surface area contributed by atoms with E-state index in [2.05, 4.69) is 12.1 Å². The van der Waals surface area contributed by atoms with Crippen molar-refractivity contribution in [3.63, 3.8) is 0 Å². The van der Waals surface area contributed by atoms with Crippen molar-refractivity contribution >= 4 is 38.8 Å². The van der Waals surface area contributed by atoms with Gasteiger partial charge in [-0.05, 0) is 34.4 Å². The fourth-order valence-electron chi connectivity index (χ4n) is 2.08. The monoisotopic (exact) mass is 227 g/mol. The van der Waals surface area contributed by atoms with Gasteiger partial charge in [-0.1, -0.05) is 41.9 Å². The van der Waals surface area contributed by atoms with Gasteiger partial charge in [0.1, 0.15) is 0 Å². The van der Waals surface area contributed by atoms with E-state index in [1.807, 2.05) is 36.4 Å². The SMILES string of the molecule is Nc1ccc2c(c1)c(Cl)cc1ccccc12. The van der Waals surface area contributed by atoms with E-state index in [9.17, 15) is 0 Å². The van der Waals surface area contributed by atoms with Crippen molar-refractivity contribution in [1.29, 1.82) is 0 Å². The Morgan fingerprint density at radius 3 is 2.50 bits per heavy atom. The summed E-state index contributed by atoms with van der Waals surface area (Å²) < 4.78 is 0. The van der Waals surface area contributed by atoms with Gasteiger partial charge in [0, 0.05) is 16.1 Å². The molecule has 3 aromatic carbocycles. The second-order valence-electron chi connectivity index (χ2n) is 3.88. The van der Waals surface area contributed by atoms with Crippen LogP contribution in [0, 0.1) is 0 Å². The third kappa shape index (κ3) is 1.33. The summed E-state index contributed by atoms with van der Waals surface area (Å²) in [6.07, 6.45) is 0. The van der Waals surface area contributed by atoms with Crippen molar-refractivity contribution in [2.24, 2.45) is 0 Å². The lowest BCUT2D eigenvalue weighted by Gasteiger charge is -2.06. The molecule has 0 aliphatic carbocycles. The summed E-state index contributed by atoms with van der Waals surface area (Å²) in [7, 11) is 0. The van der Waals surface area contributed by atoms with Gasteiger partial charge in [-0.3, -0.25) is 0 Å². The zero-order valence-corrected chi connectivity index (χ0v) is 9.33. The van der Waals surface area contributed by atoms with E-state index in [0.29, 0.717) is 0 Å². The first kappa shape index (κ1) is 9.49. The number of anilines is 1. The van der Waals surface area contributed by atoms with Gasteiger partial charge in [0.2, 0.25) is 0 Å². The molecule has 2 N–H and O–H groups in total. The molecule has 0 bridgehead atoms. The summed E-state index contributed by atoms with van der Waals surface area (Å²) >= 11 is 6.25. The van der Waals surface area contributed by atoms with Crippen LogP contribution in [0.2, 0.25) is 5.02 Å². The molecule has 0 saturated heterocycles. The van der Waals surface area contributed by atoms with E-state index >= 15 is 0 Å². The summed E-state index contributed by atoms with van der Waals surface area (Å²) in [4.78, 5) is 0. The quantitative estimate of drug-likeness (QED) is 0.451. The number of hydrogen-bond donors (Lipinski definition) is 1. The standard InChI is InChI=1S/C14H10ClN/c15-14-7-9-3-1-2-4-11(9)12-6-5-10(16)8-13(12)14/h1-8H,16H2. The van der Waals surface area contributed by atoms with Gasteiger partial charge < -0.3 is 5.73 Å². The highest BCUT2D eigenvalue weighted by Gasteiger charge is 2.04. The summed E-state index contributed by atoms with van der Waals surface area (Å²) in [6, 6.07) is 16.1. The van der Waals surface area contributed by atoms with E-state index in [1.54, 1.807) is 0 Å². The largest absolute Gasteiger partial charge is 0.399 e. The summed E-state index contributed by atoms with van der Waals surface area (Å²) in [5.74, 6) is 0. The highest BCUT2D eigenvalue weighted by atomic mass is 35.5. The molecule has 3 rings (SSSR count). The normalized spacial score (nSPS) is 11.1. The predicted octanol–water partition coefficient (Wildman–Crippen LogP) is 4.23. The number of benzene rings is 3. The van der Waals surface area contributed by atoms with E-state index in [0.717, 1.165) is 26.9 Å². The molecule has 16 heavy (non-hydrogen) atoms. The van der Waals surface area contributed by atoms with Crippen LogP contribution >= 0.6 is 11.6 Å². The molecule has 3 aromatic rings. The van der Waals surface area contributed by atoms with Gasteiger partial charge in [0.05, 0.1) is 0 Å². The molecule has 0 fully saturated rings. The lowest BCUT2D eigenvalue weighted by Crippen LogP contribution is -1.85. The number of nitrogen functional groups attached to an aromatic ring is 1. The Hall–Kier alpha value is -1.73. The number of rotatable bonds is 0. The third-order valence-electron chi connectivity index (χ3n) is 2.83. The lowest BCUT2D eigenvalue weighted by atomic mass is 10.0. The predicted molar refractivity (Wildman–Crippen MR) is 70.9 cm³/mol. The van der Waals surface area contributed by atoms with Crippen LogP contribution < -0.4 is 5.73 Å². The molecule has 2 heteroatoms. The number of nitrogens with two attached hydrogens (primary N) is 1. The maximum Gasteiger partial charge on any atom is 0.0491 e. The first-order chi connectivity index (χ1) is 7.75. The van der Waals surface area contributed by atoms with Gasteiger partial charge in [-0.15, -0.1) is 0 Å². The maximum atomic E-state index is 6.25. The second-order valence-corrected chi connectivity index (χ2v) is 4.29. The Labute approximate surface area is 98.4 Å². The molecular weight excluding hydrogens is 218 g/mol. The minimum absolute atomic E-state index is 0.740. The molecule has 0 atom stereocenters. The topological polar surface area (TPSA) is 26.0 Å². The van der Waals surface area contributed by atoms with Crippen LogP contribution in [-0.2, 0) is 0 Å². The molecule has 0 heterocycles. The fraction of sp³-hybridized carbons (Fsp3) is 0. The van der Waals surface area contributed by atoms with Crippen LogP contribution in [0.25, 0.3) is 21.5 Å². The van der Waals surface area contributed by atoms with Crippen molar-refractivity contribution in [2.45, 2.75) is 0 Å². The van der Waals surface area contributed by atoms with Crippen molar-refractivity contribution in [3.05, 3.63) is 53.6 Å². The molecule has 0 radical (unpaired) electrons. The van der Waals surface area contributed by atoms with E-state index in [4.69, 9.17) is 17.3 Å². The third-order valence-corrected chi connectivity index (χ3v) is 3.15. The first-order valence-electron chi connectivity index (χ1n) is 5.12. The Morgan fingerprint density at radius 2 is 1.62 bits per heavy atom. The molecule has 0 unspecified atom stereocenters. The van der Waals surface area contributed by atoms with Crippen molar-refractivity contribution in [3.8, 4) is 0 Å². The zero-order valence-electron chi connectivity index (χ0n) is 8.57. The summed E-state index contributed by atoms with van der Waals surface area (Å²) in [6.45, 7) is 0. The highest BCUT2D eigenvalue weighted by Crippen LogP contribution is 2.32. The molecule has 0 aliphatic rings. The van der Waals surface area contributed by atoms with Gasteiger partial charge in [-0.25, -0.2) is 0 Å². The van der Waals surface area contributed by atoms with Gasteiger partial charge in [-0.2, -0.15) is 0 Å². The molecular formula is C14H10ClN. The molecule has 0 aliphatic heterocycles. The van der Waals surface area contributed by atoms with Crippen molar-refractivity contribution in [1.82, 2.24) is 0 Å². The van der Waals surface area contributed by atoms with Crippen LogP contribution in [-0.4, -0.2) is 0 Å². The number of fused-ring (bicyclic) bond motifs is 3. The molecule has 0 saturated carbocycles. The Balaban J connectivity index is 2.59. The molecule has 0 amide bonds. The molecule has 0 spiro atoms. The number of hydrogen-bond acceptors (Lipinski definition) is 1. The van der Waals surface area contributed by atoms with Crippen LogP contribution in [0.4, 0.5) is 5.69 Å². The van der Waals surface area contributed by atoms with Crippen molar-refractivity contribution in [2.75, 3.05) is 5.73 Å². The van der Waals surface area contributed by atoms with Gasteiger partial charge in [0.15, 0.2) is 0 Å². The molecule has 0 aromatic heterocycles. The van der Waals surface area contributed by atoms with Crippen molar-refractivity contribution < 1.29 is 0 Å². The average molecular weight is 228 g/mol. The maximum absolute atomic E-state index is 6.25. The molecule has 1 nitrogen and oxygen atoms in total. The second kappa shape index (κ2) is 3.39. The summed E-state index contributed by atoms with van der Waals surface area (Å²) in [5, 5.41) is 5.28. The minimum atomic E-state index is 0.740. The first-order valence-corrected chi connectivity index (χ1v) is 5.50. The van der Waals surface area contributed by atoms with Crippen LogP contribution in [0.15, 0.2) is 48.5 Å². The lowest BCUT2D eigenvalue weighted by molar-refractivity contribution is 1.74. The van der Waals surface area contributed by atoms with E-state index in [1.165, 1.54) is 5.39 Å². The molecule has 78 valence electrons. The Bertz CT molecular complexity index is 689. The Morgan fingerprint density at radius 1 is 0.812 bits per heavy atom. The van der Waals surface area contributed by atoms with E-state index < -0.39 is 0 Å². The summed E-state index contributed by atoms with van der Waals surface area (Å²) in [5.41, 5.74) is 6.52. The highest BCUT2D eigenvalue weighted by molar-refractivity contribution is 6.37. The smallest absolute Gasteiger partial charge is 0.0491 e. The van der Waals surface area contributed by atoms with Crippen LogP contribution in [0.3, 0.4) is 0 Å². The number of halogens is 1. The van der Waals surface area contributed by atoms with Crippen LogP contribution in [0.5, 0.6) is 0 Å². The Kier molecular flexibility index (Phi) is 2.01. The zero-order chi connectivity index (χ0) is 11.1. The van der Waals surface area contributed by atoms with Crippen LogP contribution in [0.1, 0.15) is 0 Å². The fourth-order valence-corrected chi connectivity index (χ4v) is 2.35. The van der Waals surface area contributed by atoms with Gasteiger partial charge >= 0.3 is 0 Å². The van der Waals surface area contributed by atoms with Gasteiger partial charge in [0.25, 0.3) is 0 Å². The minimum Gasteiger partial charge on any atom is -0.399 e.